The van der Waals surface area contributed by atoms with Gasteiger partial charge in [-0.1, -0.05) is 24.3 Å². The number of aromatic amines is 2. The average molecular weight is 407 g/mol. The van der Waals surface area contributed by atoms with Crippen LogP contribution in [0.1, 0.15) is 22.6 Å². The lowest BCUT2D eigenvalue weighted by molar-refractivity contribution is 0.566. The summed E-state index contributed by atoms with van der Waals surface area (Å²) in [6.45, 7) is 2.01. The summed E-state index contributed by atoms with van der Waals surface area (Å²) in [5, 5.41) is 8.91. The van der Waals surface area contributed by atoms with E-state index >= 15 is 0 Å². The van der Waals surface area contributed by atoms with E-state index in [9.17, 15) is 0 Å². The third kappa shape index (κ3) is 2.79. The van der Waals surface area contributed by atoms with Crippen molar-refractivity contribution in [1.29, 1.82) is 0 Å². The minimum atomic E-state index is 0.842. The van der Waals surface area contributed by atoms with Crippen LogP contribution in [0.25, 0.3) is 39.1 Å². The van der Waals surface area contributed by atoms with Crippen LogP contribution >= 0.6 is 0 Å². The third-order valence-corrected chi connectivity index (χ3v) is 6.08. The molecule has 0 radical (unpaired) electrons. The molecule has 0 unspecified atom stereocenters. The molecule has 4 aromatic heterocycles. The minimum Gasteiger partial charge on any atom is -0.472 e. The van der Waals surface area contributed by atoms with Gasteiger partial charge in [-0.3, -0.25) is 5.10 Å². The highest BCUT2D eigenvalue weighted by atomic mass is 16.3. The smallest absolute Gasteiger partial charge is 0.116 e. The van der Waals surface area contributed by atoms with E-state index in [2.05, 4.69) is 67.2 Å². The Balaban J connectivity index is 1.49. The summed E-state index contributed by atoms with van der Waals surface area (Å²) in [4.78, 5) is 8.05. The van der Waals surface area contributed by atoms with Gasteiger partial charge in [-0.25, -0.2) is 4.98 Å². The van der Waals surface area contributed by atoms with Crippen LogP contribution in [0.3, 0.4) is 0 Å². The van der Waals surface area contributed by atoms with Crippen molar-refractivity contribution in [2.45, 2.75) is 13.3 Å². The van der Waals surface area contributed by atoms with Gasteiger partial charge in [0.15, 0.2) is 0 Å². The summed E-state index contributed by atoms with van der Waals surface area (Å²) in [6, 6.07) is 10.6. The number of H-pyrrole nitrogens is 2. The van der Waals surface area contributed by atoms with Crippen molar-refractivity contribution >= 4 is 16.5 Å². The zero-order valence-electron chi connectivity index (χ0n) is 17.3. The van der Waals surface area contributed by atoms with E-state index in [0.29, 0.717) is 0 Å². The van der Waals surface area contributed by atoms with Crippen molar-refractivity contribution in [3.05, 3.63) is 89.9 Å². The molecule has 1 aliphatic carbocycles. The molecular formula is C25H21N5O. The molecule has 6 heteroatoms. The van der Waals surface area contributed by atoms with Crippen molar-refractivity contribution in [3.8, 4) is 22.6 Å². The lowest BCUT2D eigenvalue weighted by Crippen LogP contribution is -1.94. The summed E-state index contributed by atoms with van der Waals surface area (Å²) < 4.78 is 7.43. The number of hydrogen-bond acceptors (Lipinski definition) is 3. The molecule has 2 N–H and O–H groups in total. The van der Waals surface area contributed by atoms with Crippen molar-refractivity contribution in [2.75, 3.05) is 0 Å². The van der Waals surface area contributed by atoms with Crippen LogP contribution in [0.5, 0.6) is 0 Å². The number of nitrogens with zero attached hydrogens (tertiary/aromatic N) is 3. The van der Waals surface area contributed by atoms with Crippen LogP contribution in [0.2, 0.25) is 0 Å². The van der Waals surface area contributed by atoms with E-state index < -0.39 is 0 Å². The molecule has 0 amide bonds. The van der Waals surface area contributed by atoms with Crippen LogP contribution in [0, 0.1) is 6.92 Å². The lowest BCUT2D eigenvalue weighted by atomic mass is 10.00. The quantitative estimate of drug-likeness (QED) is 0.420. The lowest BCUT2D eigenvalue weighted by Gasteiger charge is -2.04. The summed E-state index contributed by atoms with van der Waals surface area (Å²) in [5.41, 5.74) is 9.69. The van der Waals surface area contributed by atoms with Gasteiger partial charge in [-0.2, -0.15) is 5.10 Å². The predicted octanol–water partition coefficient (Wildman–Crippen LogP) is 5.40. The summed E-state index contributed by atoms with van der Waals surface area (Å²) in [5.74, 6) is 0.988. The first-order valence-electron chi connectivity index (χ1n) is 10.3. The number of benzene rings is 1. The fraction of sp³-hybridized carbons (Fsp3) is 0.120. The molecule has 0 atom stereocenters. The molecule has 31 heavy (non-hydrogen) atoms. The number of aryl methyl sites for hydroxylation is 1. The summed E-state index contributed by atoms with van der Waals surface area (Å²) >= 11 is 0. The molecule has 0 fully saturated rings. The fourth-order valence-corrected chi connectivity index (χ4v) is 4.28. The molecule has 4 heterocycles. The number of furan rings is 1. The Kier molecular flexibility index (Phi) is 3.86. The summed E-state index contributed by atoms with van der Waals surface area (Å²) in [6.07, 6.45) is 12.7. The van der Waals surface area contributed by atoms with Crippen molar-refractivity contribution in [2.24, 2.45) is 7.05 Å². The Bertz CT molecular complexity index is 1470. The van der Waals surface area contributed by atoms with Crippen LogP contribution in [0.15, 0.2) is 71.7 Å². The van der Waals surface area contributed by atoms with Crippen molar-refractivity contribution < 1.29 is 4.42 Å². The number of aromatic nitrogens is 5. The van der Waals surface area contributed by atoms with Gasteiger partial charge in [-0.05, 0) is 36.8 Å². The minimum absolute atomic E-state index is 0.842. The van der Waals surface area contributed by atoms with Crippen LogP contribution in [-0.2, 0) is 13.5 Å². The van der Waals surface area contributed by atoms with Gasteiger partial charge in [0.25, 0.3) is 0 Å². The number of allylic oxidation sites excluding steroid dienone is 3. The second-order valence-electron chi connectivity index (χ2n) is 7.88. The molecule has 152 valence electrons. The molecule has 6 nitrogen and oxygen atoms in total. The first kappa shape index (κ1) is 17.8. The normalized spacial score (nSPS) is 13.4. The molecule has 5 aromatic rings. The second kappa shape index (κ2) is 6.74. The van der Waals surface area contributed by atoms with Crippen molar-refractivity contribution in [1.82, 2.24) is 24.7 Å². The molecule has 0 bridgehead atoms. The second-order valence-corrected chi connectivity index (χ2v) is 7.88. The largest absolute Gasteiger partial charge is 0.472 e. The maximum Gasteiger partial charge on any atom is 0.116 e. The zero-order chi connectivity index (χ0) is 20.9. The van der Waals surface area contributed by atoms with Gasteiger partial charge in [0.1, 0.15) is 11.5 Å². The topological polar surface area (TPSA) is 75.4 Å². The van der Waals surface area contributed by atoms with Crippen LogP contribution < -0.4 is 0 Å². The molecule has 1 aliphatic rings. The monoisotopic (exact) mass is 407 g/mol. The Hall–Kier alpha value is -4.06. The molecule has 6 rings (SSSR count). The molecule has 0 saturated heterocycles. The number of fused-ring (bicyclic) bond motifs is 2. The molecule has 0 spiro atoms. The third-order valence-electron chi connectivity index (χ3n) is 6.08. The highest BCUT2D eigenvalue weighted by Crippen LogP contribution is 2.35. The number of hydrogen-bond donors (Lipinski definition) is 2. The van der Waals surface area contributed by atoms with Gasteiger partial charge < -0.3 is 14.0 Å². The van der Waals surface area contributed by atoms with Gasteiger partial charge in [0.05, 0.1) is 35.6 Å². The van der Waals surface area contributed by atoms with Crippen LogP contribution in [0.4, 0.5) is 0 Å². The number of imidazole rings is 1. The predicted molar refractivity (Wildman–Crippen MR) is 121 cm³/mol. The molecule has 0 aliphatic heterocycles. The van der Waals surface area contributed by atoms with E-state index in [4.69, 9.17) is 4.42 Å². The Morgan fingerprint density at radius 3 is 2.87 bits per heavy atom. The highest BCUT2D eigenvalue weighted by molar-refractivity contribution is 5.96. The maximum atomic E-state index is 5.33. The van der Waals surface area contributed by atoms with Gasteiger partial charge >= 0.3 is 0 Å². The SMILES string of the molecule is Cc1ncc(-c2ccc3[nH]nc(-c4cc5c([nH]4)CC=CC=C5c4ccoc4)c3c2)n1C. The molecule has 1 aromatic carbocycles. The van der Waals surface area contributed by atoms with Crippen molar-refractivity contribution in [3.63, 3.8) is 0 Å². The number of nitrogens with one attached hydrogen (secondary N) is 2. The fourth-order valence-electron chi connectivity index (χ4n) is 4.28. The van der Waals surface area contributed by atoms with E-state index in [1.807, 2.05) is 26.2 Å². The first-order chi connectivity index (χ1) is 15.2. The Morgan fingerprint density at radius 2 is 2.06 bits per heavy atom. The van der Waals surface area contributed by atoms with E-state index in [1.54, 1.807) is 12.5 Å². The Morgan fingerprint density at radius 1 is 1.13 bits per heavy atom. The first-order valence-corrected chi connectivity index (χ1v) is 10.3. The van der Waals surface area contributed by atoms with Gasteiger partial charge in [-0.15, -0.1) is 0 Å². The number of rotatable bonds is 3. The molecular weight excluding hydrogens is 386 g/mol. The average Bonchev–Trinajstić information content (AvgIpc) is 3.56. The van der Waals surface area contributed by atoms with E-state index in [1.165, 1.54) is 11.3 Å². The van der Waals surface area contributed by atoms with Gasteiger partial charge in [0.2, 0.25) is 0 Å². The van der Waals surface area contributed by atoms with Gasteiger partial charge in [0, 0.05) is 41.2 Å². The van der Waals surface area contributed by atoms with Crippen LogP contribution in [-0.4, -0.2) is 24.7 Å². The highest BCUT2D eigenvalue weighted by Gasteiger charge is 2.19. The maximum absolute atomic E-state index is 5.33. The summed E-state index contributed by atoms with van der Waals surface area (Å²) in [7, 11) is 2.04. The Labute approximate surface area is 178 Å². The van der Waals surface area contributed by atoms with E-state index in [0.717, 1.165) is 56.9 Å². The van der Waals surface area contributed by atoms with E-state index in [-0.39, 0.29) is 0 Å². The standard InChI is InChI=1S/C25H21N5O/c1-15-26-13-24(30(15)2)16-7-8-22-20(11-16)25(29-28-22)23-12-19-18(17-9-10-31-14-17)5-3-4-6-21(19)27-23/h3-5,7-14,27H,6H2,1-2H3,(H,28,29). The molecule has 0 saturated carbocycles. The zero-order valence-corrected chi connectivity index (χ0v) is 17.3.